The zero-order valence-electron chi connectivity index (χ0n) is 9.24. The zero-order valence-corrected chi connectivity index (χ0v) is 10.8. The molecule has 2 N–H and O–H groups in total. The van der Waals surface area contributed by atoms with E-state index >= 15 is 0 Å². The highest BCUT2D eigenvalue weighted by Crippen LogP contribution is 2.11. The number of nitrogens with one attached hydrogen (secondary N) is 1. The van der Waals surface area contributed by atoms with E-state index in [1.165, 1.54) is 6.07 Å². The third-order valence-corrected chi connectivity index (χ3v) is 2.82. The van der Waals surface area contributed by atoms with Crippen molar-refractivity contribution in [3.05, 3.63) is 29.8 Å². The molecule has 1 rings (SSSR count). The molecule has 1 unspecified atom stereocenters. The molecule has 0 saturated heterocycles. The second-order valence-electron chi connectivity index (χ2n) is 3.76. The molecule has 1 amide bonds. The molecule has 1 aromatic carbocycles. The lowest BCUT2D eigenvalue weighted by atomic mass is 10.1. The summed E-state index contributed by atoms with van der Waals surface area (Å²) < 4.78 is 0. The van der Waals surface area contributed by atoms with Crippen LogP contribution < -0.4 is 5.32 Å². The van der Waals surface area contributed by atoms with Crippen molar-refractivity contribution in [3.63, 3.8) is 0 Å². The van der Waals surface area contributed by atoms with E-state index in [0.717, 1.165) is 18.2 Å². The molecule has 88 valence electrons. The smallest absolute Gasteiger partial charge is 0.251 e. The fourth-order valence-corrected chi connectivity index (χ4v) is 1.73. The highest BCUT2D eigenvalue weighted by molar-refractivity contribution is 9.09. The third-order valence-electron chi connectivity index (χ3n) is 2.26. The average molecular weight is 286 g/mol. The van der Waals surface area contributed by atoms with E-state index in [2.05, 4.69) is 21.2 Å². The third kappa shape index (κ3) is 4.23. The number of hydrogen-bond acceptors (Lipinski definition) is 2. The summed E-state index contributed by atoms with van der Waals surface area (Å²) in [6.45, 7) is 1.98. The lowest BCUT2D eigenvalue weighted by Gasteiger charge is -2.13. The summed E-state index contributed by atoms with van der Waals surface area (Å²) >= 11 is 3.35. The number of rotatable bonds is 5. The number of phenols is 1. The summed E-state index contributed by atoms with van der Waals surface area (Å²) in [7, 11) is 0. The molecule has 0 spiro atoms. The predicted octanol–water partition coefficient (Wildman–Crippen LogP) is 2.69. The fourth-order valence-electron chi connectivity index (χ4n) is 1.41. The van der Waals surface area contributed by atoms with E-state index in [4.69, 9.17) is 0 Å². The molecule has 0 aliphatic rings. The van der Waals surface area contributed by atoms with Gasteiger partial charge >= 0.3 is 0 Å². The maximum absolute atomic E-state index is 11.7. The van der Waals surface area contributed by atoms with E-state index in [1.54, 1.807) is 18.2 Å². The van der Waals surface area contributed by atoms with Crippen LogP contribution in [0.2, 0.25) is 0 Å². The highest BCUT2D eigenvalue weighted by atomic mass is 79.9. The molecule has 4 heteroatoms. The van der Waals surface area contributed by atoms with E-state index in [9.17, 15) is 9.90 Å². The van der Waals surface area contributed by atoms with Crippen molar-refractivity contribution in [3.8, 4) is 5.75 Å². The maximum Gasteiger partial charge on any atom is 0.251 e. The first-order chi connectivity index (χ1) is 7.63. The van der Waals surface area contributed by atoms with Crippen molar-refractivity contribution in [2.24, 2.45) is 0 Å². The number of phenolic OH excluding ortho intramolecular Hbond substituents is 1. The van der Waals surface area contributed by atoms with Gasteiger partial charge in [-0.05, 0) is 38.0 Å². The Morgan fingerprint density at radius 3 is 2.94 bits per heavy atom. The molecule has 0 fully saturated rings. The van der Waals surface area contributed by atoms with Crippen LogP contribution in [0.5, 0.6) is 5.75 Å². The molecule has 0 heterocycles. The van der Waals surface area contributed by atoms with Gasteiger partial charge in [0.2, 0.25) is 0 Å². The van der Waals surface area contributed by atoms with E-state index in [0.29, 0.717) is 5.56 Å². The summed E-state index contributed by atoms with van der Waals surface area (Å²) in [5.41, 5.74) is 0.491. The van der Waals surface area contributed by atoms with Crippen molar-refractivity contribution in [2.45, 2.75) is 25.8 Å². The van der Waals surface area contributed by atoms with Crippen molar-refractivity contribution in [2.75, 3.05) is 5.33 Å². The molecule has 1 atom stereocenters. The van der Waals surface area contributed by atoms with Crippen molar-refractivity contribution in [1.29, 1.82) is 0 Å². The highest BCUT2D eigenvalue weighted by Gasteiger charge is 2.09. The number of alkyl halides is 1. The number of carbonyl (C=O) groups is 1. The minimum absolute atomic E-state index is 0.112. The van der Waals surface area contributed by atoms with Crippen molar-refractivity contribution < 1.29 is 9.90 Å². The summed E-state index contributed by atoms with van der Waals surface area (Å²) in [4.78, 5) is 11.7. The van der Waals surface area contributed by atoms with Gasteiger partial charge in [0, 0.05) is 16.9 Å². The predicted molar refractivity (Wildman–Crippen MR) is 68.1 cm³/mol. The van der Waals surface area contributed by atoms with Gasteiger partial charge in [-0.1, -0.05) is 22.0 Å². The molecule has 0 aliphatic carbocycles. The molecule has 0 saturated carbocycles. The van der Waals surface area contributed by atoms with E-state index in [-0.39, 0.29) is 17.7 Å². The molecule has 0 bridgehead atoms. The molecular weight excluding hydrogens is 270 g/mol. The van der Waals surface area contributed by atoms with E-state index in [1.807, 2.05) is 6.92 Å². The van der Waals surface area contributed by atoms with Gasteiger partial charge in [-0.2, -0.15) is 0 Å². The van der Waals surface area contributed by atoms with Crippen LogP contribution >= 0.6 is 15.9 Å². The van der Waals surface area contributed by atoms with Gasteiger partial charge in [-0.15, -0.1) is 0 Å². The van der Waals surface area contributed by atoms with Crippen LogP contribution in [0.25, 0.3) is 0 Å². The minimum Gasteiger partial charge on any atom is -0.508 e. The molecule has 0 aliphatic heterocycles. The van der Waals surface area contributed by atoms with Gasteiger partial charge in [-0.25, -0.2) is 0 Å². The van der Waals surface area contributed by atoms with Crippen molar-refractivity contribution in [1.82, 2.24) is 5.32 Å². The topological polar surface area (TPSA) is 49.3 Å². The Morgan fingerprint density at radius 1 is 1.56 bits per heavy atom. The Hall–Kier alpha value is -1.03. The quantitative estimate of drug-likeness (QED) is 0.818. The maximum atomic E-state index is 11.7. The first-order valence-electron chi connectivity index (χ1n) is 5.29. The lowest BCUT2D eigenvalue weighted by Crippen LogP contribution is -2.32. The number of benzene rings is 1. The number of hydrogen-bond donors (Lipinski definition) is 2. The summed E-state index contributed by atoms with van der Waals surface area (Å²) in [6.07, 6.45) is 1.97. The van der Waals surface area contributed by atoms with Crippen LogP contribution in [0.3, 0.4) is 0 Å². The molecule has 16 heavy (non-hydrogen) atoms. The van der Waals surface area contributed by atoms with Gasteiger partial charge in [-0.3, -0.25) is 4.79 Å². The van der Waals surface area contributed by atoms with Gasteiger partial charge in [0.15, 0.2) is 0 Å². The van der Waals surface area contributed by atoms with Crippen LogP contribution in [-0.2, 0) is 0 Å². The Labute approximate surface area is 104 Å². The zero-order chi connectivity index (χ0) is 12.0. The first kappa shape index (κ1) is 13.0. The second kappa shape index (κ2) is 6.53. The number of aromatic hydroxyl groups is 1. The summed E-state index contributed by atoms with van der Waals surface area (Å²) in [5, 5.41) is 13.1. The van der Waals surface area contributed by atoms with Crippen molar-refractivity contribution >= 4 is 21.8 Å². The summed E-state index contributed by atoms with van der Waals surface area (Å²) in [6, 6.07) is 6.50. The first-order valence-corrected chi connectivity index (χ1v) is 6.41. The van der Waals surface area contributed by atoms with Gasteiger partial charge in [0.1, 0.15) is 5.75 Å². The van der Waals surface area contributed by atoms with Gasteiger partial charge < -0.3 is 10.4 Å². The standard InChI is InChI=1S/C12H16BrNO2/c1-9(4-3-7-13)14-12(16)10-5-2-6-11(15)8-10/h2,5-6,8-9,15H,3-4,7H2,1H3,(H,14,16). The minimum atomic E-state index is -0.141. The van der Waals surface area contributed by atoms with Crippen LogP contribution in [0.4, 0.5) is 0 Å². The van der Waals surface area contributed by atoms with Crippen LogP contribution in [-0.4, -0.2) is 22.4 Å². The Kier molecular flexibility index (Phi) is 5.32. The molecular formula is C12H16BrNO2. The number of amides is 1. The lowest BCUT2D eigenvalue weighted by molar-refractivity contribution is 0.0938. The van der Waals surface area contributed by atoms with Gasteiger partial charge in [0.25, 0.3) is 5.91 Å². The summed E-state index contributed by atoms with van der Waals surface area (Å²) in [5.74, 6) is -0.0290. The normalized spacial score (nSPS) is 12.1. The van der Waals surface area contributed by atoms with Crippen LogP contribution in [0.15, 0.2) is 24.3 Å². The monoisotopic (exact) mass is 285 g/mol. The van der Waals surface area contributed by atoms with E-state index < -0.39 is 0 Å². The van der Waals surface area contributed by atoms with Gasteiger partial charge in [0.05, 0.1) is 0 Å². The Bertz CT molecular complexity index is 355. The average Bonchev–Trinajstić information content (AvgIpc) is 2.26. The number of carbonyl (C=O) groups excluding carboxylic acids is 1. The Balaban J connectivity index is 2.52. The second-order valence-corrected chi connectivity index (χ2v) is 4.55. The molecule has 0 radical (unpaired) electrons. The Morgan fingerprint density at radius 2 is 2.31 bits per heavy atom. The SMILES string of the molecule is CC(CCCBr)NC(=O)c1cccc(O)c1. The molecule has 1 aromatic rings. The van der Waals surface area contributed by atoms with Crippen LogP contribution in [0.1, 0.15) is 30.1 Å². The molecule has 0 aromatic heterocycles. The number of halogens is 1. The fraction of sp³-hybridized carbons (Fsp3) is 0.417. The van der Waals surface area contributed by atoms with Crippen LogP contribution in [0, 0.1) is 0 Å². The molecule has 3 nitrogen and oxygen atoms in total. The largest absolute Gasteiger partial charge is 0.508 e.